The van der Waals surface area contributed by atoms with E-state index < -0.39 is 29.4 Å². The van der Waals surface area contributed by atoms with E-state index in [-0.39, 0.29) is 18.9 Å². The summed E-state index contributed by atoms with van der Waals surface area (Å²) in [7, 11) is 0. The summed E-state index contributed by atoms with van der Waals surface area (Å²) in [5, 5.41) is 4.11. The van der Waals surface area contributed by atoms with Crippen LogP contribution in [0.2, 0.25) is 5.02 Å². The summed E-state index contributed by atoms with van der Waals surface area (Å²) in [5.74, 6) is -1.12. The molecular weight excluding hydrogens is 577 g/mol. The van der Waals surface area contributed by atoms with Gasteiger partial charge in [-0.05, 0) is 61.4 Å². The molecule has 2 aromatic heterocycles. The van der Waals surface area contributed by atoms with E-state index in [4.69, 9.17) is 21.1 Å². The van der Waals surface area contributed by atoms with Gasteiger partial charge in [0, 0.05) is 21.3 Å². The van der Waals surface area contributed by atoms with Crippen molar-refractivity contribution in [1.82, 2.24) is 19.7 Å². The summed E-state index contributed by atoms with van der Waals surface area (Å²) >= 11 is 9.64. The van der Waals surface area contributed by atoms with Crippen molar-refractivity contribution < 1.29 is 27.4 Å². The average molecular weight is 596 g/mol. The first-order valence-electron chi connectivity index (χ1n) is 10.9. The second kappa shape index (κ2) is 10.9. The van der Waals surface area contributed by atoms with Crippen LogP contribution in [0.1, 0.15) is 34.1 Å². The number of ether oxygens (including phenoxy) is 2. The van der Waals surface area contributed by atoms with Crippen LogP contribution in [0.3, 0.4) is 0 Å². The standard InChI is InChI=1S/C25H19BrClF3N4O3/c1-3-36-23(35)19-12-32-34(22(19)25(28,29)30)24-31-9-8-20(33-24)18-11-17(27)6-7-21(18)37-13-15-4-5-16(26)10-14(15)2/h4-12H,3,13H2,1-2H3. The number of carbonyl (C=O) groups is 1. The fraction of sp³-hybridized carbons (Fsp3) is 0.200. The van der Waals surface area contributed by atoms with Crippen molar-refractivity contribution in [3.63, 3.8) is 0 Å². The number of rotatable bonds is 7. The van der Waals surface area contributed by atoms with E-state index in [1.807, 2.05) is 25.1 Å². The van der Waals surface area contributed by atoms with Crippen molar-refractivity contribution >= 4 is 33.5 Å². The Bertz CT molecular complexity index is 1460. The highest BCUT2D eigenvalue weighted by Gasteiger charge is 2.41. The van der Waals surface area contributed by atoms with Gasteiger partial charge in [0.2, 0.25) is 0 Å². The number of halogens is 5. The summed E-state index contributed by atoms with van der Waals surface area (Å²) in [6.45, 7) is 3.59. The van der Waals surface area contributed by atoms with Gasteiger partial charge in [-0.3, -0.25) is 0 Å². The van der Waals surface area contributed by atoms with Gasteiger partial charge in [-0.2, -0.15) is 23.0 Å². The van der Waals surface area contributed by atoms with Gasteiger partial charge in [0.25, 0.3) is 5.95 Å². The van der Waals surface area contributed by atoms with E-state index in [9.17, 15) is 18.0 Å². The molecule has 0 amide bonds. The zero-order valence-corrected chi connectivity index (χ0v) is 21.9. The molecule has 0 atom stereocenters. The average Bonchev–Trinajstić information content (AvgIpc) is 3.31. The van der Waals surface area contributed by atoms with Crippen molar-refractivity contribution in [3.05, 3.63) is 86.7 Å². The highest BCUT2D eigenvalue weighted by Crippen LogP contribution is 2.35. The highest BCUT2D eigenvalue weighted by atomic mass is 79.9. The van der Waals surface area contributed by atoms with Crippen LogP contribution in [0.25, 0.3) is 17.2 Å². The van der Waals surface area contributed by atoms with E-state index in [1.54, 1.807) is 18.2 Å². The normalized spacial score (nSPS) is 11.4. The first-order chi connectivity index (χ1) is 17.6. The van der Waals surface area contributed by atoms with Crippen LogP contribution in [0.5, 0.6) is 5.75 Å². The SMILES string of the molecule is CCOC(=O)c1cnn(-c2nccc(-c3cc(Cl)ccc3OCc3ccc(Br)cc3C)n2)c1C(F)(F)F. The molecule has 192 valence electrons. The van der Waals surface area contributed by atoms with Gasteiger partial charge >= 0.3 is 12.1 Å². The van der Waals surface area contributed by atoms with Gasteiger partial charge in [0.1, 0.15) is 17.9 Å². The van der Waals surface area contributed by atoms with Crippen LogP contribution >= 0.6 is 27.5 Å². The Balaban J connectivity index is 1.73. The molecule has 0 bridgehead atoms. The lowest BCUT2D eigenvalue weighted by Crippen LogP contribution is -2.19. The topological polar surface area (TPSA) is 79.1 Å². The zero-order chi connectivity index (χ0) is 26.7. The smallest absolute Gasteiger partial charge is 0.434 e. The molecule has 2 heterocycles. The quantitative estimate of drug-likeness (QED) is 0.218. The molecule has 7 nitrogen and oxygen atoms in total. The molecule has 0 radical (unpaired) electrons. The van der Waals surface area contributed by atoms with E-state index in [1.165, 1.54) is 19.2 Å². The lowest BCUT2D eigenvalue weighted by atomic mass is 10.1. The number of aryl methyl sites for hydroxylation is 1. The number of hydrogen-bond acceptors (Lipinski definition) is 6. The molecular formula is C25H19BrClF3N4O3. The van der Waals surface area contributed by atoms with E-state index in [2.05, 4.69) is 31.0 Å². The van der Waals surface area contributed by atoms with Crippen LogP contribution in [-0.4, -0.2) is 32.3 Å². The first-order valence-corrected chi connectivity index (χ1v) is 12.1. The summed E-state index contributed by atoms with van der Waals surface area (Å²) in [6, 6.07) is 12.2. The number of esters is 1. The Labute approximate surface area is 223 Å². The monoisotopic (exact) mass is 594 g/mol. The number of hydrogen-bond donors (Lipinski definition) is 0. The number of benzene rings is 2. The molecule has 0 fully saturated rings. The molecule has 4 aromatic rings. The predicted molar refractivity (Wildman–Crippen MR) is 134 cm³/mol. The summed E-state index contributed by atoms with van der Waals surface area (Å²) in [5.41, 5.74) is 0.584. The molecule has 0 saturated carbocycles. The van der Waals surface area contributed by atoms with Crippen molar-refractivity contribution in [2.24, 2.45) is 0 Å². The highest BCUT2D eigenvalue weighted by molar-refractivity contribution is 9.10. The minimum absolute atomic E-state index is 0.0926. The van der Waals surface area contributed by atoms with Crippen molar-refractivity contribution in [2.45, 2.75) is 26.6 Å². The maximum Gasteiger partial charge on any atom is 0.434 e. The van der Waals surface area contributed by atoms with Gasteiger partial charge in [0.15, 0.2) is 5.69 Å². The third kappa shape index (κ3) is 5.94. The maximum atomic E-state index is 13.9. The van der Waals surface area contributed by atoms with Crippen molar-refractivity contribution in [2.75, 3.05) is 6.61 Å². The molecule has 0 aliphatic heterocycles. The first kappa shape index (κ1) is 26.6. The van der Waals surface area contributed by atoms with Crippen LogP contribution in [0, 0.1) is 6.92 Å². The molecule has 0 spiro atoms. The van der Waals surface area contributed by atoms with Gasteiger partial charge in [-0.15, -0.1) is 0 Å². The largest absolute Gasteiger partial charge is 0.488 e. The molecule has 0 aliphatic carbocycles. The summed E-state index contributed by atoms with van der Waals surface area (Å²) in [4.78, 5) is 20.3. The van der Waals surface area contributed by atoms with E-state index in [0.29, 0.717) is 21.0 Å². The molecule has 0 aliphatic rings. The third-order valence-electron chi connectivity index (χ3n) is 5.27. The van der Waals surface area contributed by atoms with E-state index >= 15 is 0 Å². The molecule has 2 aromatic carbocycles. The number of aromatic nitrogens is 4. The molecule has 0 N–H and O–H groups in total. The predicted octanol–water partition coefficient (Wildman–Crippen LogP) is 6.83. The summed E-state index contributed by atoms with van der Waals surface area (Å²) < 4.78 is 54.0. The molecule has 4 rings (SSSR count). The fourth-order valence-electron chi connectivity index (χ4n) is 3.54. The molecule has 0 saturated heterocycles. The summed E-state index contributed by atoms with van der Waals surface area (Å²) in [6.07, 6.45) is -2.86. The van der Waals surface area contributed by atoms with Crippen molar-refractivity contribution in [3.8, 4) is 23.0 Å². The number of carbonyl (C=O) groups excluding carboxylic acids is 1. The number of nitrogens with zero attached hydrogens (tertiary/aromatic N) is 4. The Kier molecular flexibility index (Phi) is 7.84. The number of alkyl halides is 3. The Morgan fingerprint density at radius 1 is 1.16 bits per heavy atom. The van der Waals surface area contributed by atoms with Gasteiger partial charge < -0.3 is 9.47 Å². The Morgan fingerprint density at radius 2 is 1.95 bits per heavy atom. The van der Waals surface area contributed by atoms with Gasteiger partial charge in [-0.25, -0.2) is 14.8 Å². The zero-order valence-electron chi connectivity index (χ0n) is 19.5. The lowest BCUT2D eigenvalue weighted by Gasteiger charge is -2.14. The molecule has 0 unspecified atom stereocenters. The van der Waals surface area contributed by atoms with Crippen LogP contribution in [0.15, 0.2) is 59.3 Å². The van der Waals surface area contributed by atoms with Gasteiger partial charge in [0.05, 0.1) is 18.5 Å². The Morgan fingerprint density at radius 3 is 2.65 bits per heavy atom. The van der Waals surface area contributed by atoms with Crippen LogP contribution < -0.4 is 4.74 Å². The molecule has 12 heteroatoms. The maximum absolute atomic E-state index is 13.9. The van der Waals surface area contributed by atoms with Crippen molar-refractivity contribution in [1.29, 1.82) is 0 Å². The third-order valence-corrected chi connectivity index (χ3v) is 6.00. The van der Waals surface area contributed by atoms with E-state index in [0.717, 1.165) is 21.8 Å². The van der Waals surface area contributed by atoms with Crippen LogP contribution in [0.4, 0.5) is 13.2 Å². The Hall–Kier alpha value is -3.44. The second-order valence-corrected chi connectivity index (χ2v) is 9.13. The second-order valence-electron chi connectivity index (χ2n) is 7.78. The molecule has 37 heavy (non-hydrogen) atoms. The minimum atomic E-state index is -4.93. The minimum Gasteiger partial charge on any atom is -0.488 e. The lowest BCUT2D eigenvalue weighted by molar-refractivity contribution is -0.143. The van der Waals surface area contributed by atoms with Gasteiger partial charge in [-0.1, -0.05) is 33.6 Å². The van der Waals surface area contributed by atoms with Crippen LogP contribution in [-0.2, 0) is 17.5 Å². The fourth-order valence-corrected chi connectivity index (χ4v) is 4.18.